The highest BCUT2D eigenvalue weighted by molar-refractivity contribution is 6.46. The molecule has 152 valence electrons. The number of piperidine rings is 1. The molecule has 1 fully saturated rings. The van der Waals surface area contributed by atoms with Gasteiger partial charge >= 0.3 is 0 Å². The van der Waals surface area contributed by atoms with Crippen molar-refractivity contribution in [2.24, 2.45) is 17.0 Å². The standard InChI is InChI=1S/C22H29N7/c1-16(19-14-26-28(3)15-19)29-13-12-25-21(22(29)23-2)27-20-6-4-17(5-7-20)18-8-10-24-11-9-18/h4-7,14-15,18,24H,1,8-13H2,2-3H3,(H,25,27)/b23-22-. The summed E-state index contributed by atoms with van der Waals surface area (Å²) in [5.74, 6) is 2.23. The minimum absolute atomic E-state index is 0.656. The Labute approximate surface area is 172 Å². The van der Waals surface area contributed by atoms with Gasteiger partial charge in [-0.3, -0.25) is 14.7 Å². The molecule has 7 heteroatoms. The fourth-order valence-corrected chi connectivity index (χ4v) is 4.01. The van der Waals surface area contributed by atoms with E-state index in [1.54, 1.807) is 11.7 Å². The van der Waals surface area contributed by atoms with E-state index in [0.29, 0.717) is 12.5 Å². The molecule has 2 N–H and O–H groups in total. The Bertz CT molecular complexity index is 917. The quantitative estimate of drug-likeness (QED) is 0.841. The molecule has 0 unspecified atom stereocenters. The number of anilines is 1. The van der Waals surface area contributed by atoms with E-state index in [-0.39, 0.29) is 0 Å². The van der Waals surface area contributed by atoms with Gasteiger partial charge in [0.05, 0.1) is 12.7 Å². The Balaban J connectivity index is 1.47. The van der Waals surface area contributed by atoms with E-state index in [4.69, 9.17) is 0 Å². The molecular weight excluding hydrogens is 362 g/mol. The fraction of sp³-hybridized carbons (Fsp3) is 0.409. The van der Waals surface area contributed by atoms with Gasteiger partial charge in [0, 0.05) is 43.8 Å². The molecule has 0 saturated carbocycles. The number of aromatic nitrogens is 2. The van der Waals surface area contributed by atoms with Crippen molar-refractivity contribution in [2.75, 3.05) is 38.5 Å². The molecule has 2 aliphatic heterocycles. The van der Waals surface area contributed by atoms with Crippen molar-refractivity contribution in [3.05, 3.63) is 54.4 Å². The average Bonchev–Trinajstić information content (AvgIpc) is 3.20. The Morgan fingerprint density at radius 1 is 1.24 bits per heavy atom. The van der Waals surface area contributed by atoms with Crippen molar-refractivity contribution in [1.82, 2.24) is 20.0 Å². The molecule has 0 atom stereocenters. The Morgan fingerprint density at radius 2 is 2.00 bits per heavy atom. The third-order valence-corrected chi connectivity index (χ3v) is 5.62. The van der Waals surface area contributed by atoms with E-state index in [0.717, 1.165) is 48.3 Å². The number of nitrogens with one attached hydrogen (secondary N) is 2. The molecule has 1 aromatic carbocycles. The lowest BCUT2D eigenvalue weighted by Gasteiger charge is -2.31. The lowest BCUT2D eigenvalue weighted by molar-refractivity contribution is 0.460. The van der Waals surface area contributed by atoms with Crippen molar-refractivity contribution in [3.8, 4) is 0 Å². The molecule has 1 saturated heterocycles. The summed E-state index contributed by atoms with van der Waals surface area (Å²) in [6.07, 6.45) is 6.21. The van der Waals surface area contributed by atoms with E-state index in [2.05, 4.69) is 61.5 Å². The van der Waals surface area contributed by atoms with Crippen LogP contribution in [0.25, 0.3) is 5.70 Å². The molecule has 7 nitrogen and oxygen atoms in total. The largest absolute Gasteiger partial charge is 0.337 e. The second-order valence-corrected chi connectivity index (χ2v) is 7.55. The SMILES string of the molecule is C=C(c1cnn(C)c1)N1CCN=C(Nc2ccc(C3CCNCC3)cc2)/C1=N/C. The van der Waals surface area contributed by atoms with E-state index >= 15 is 0 Å². The molecule has 4 rings (SSSR count). The van der Waals surface area contributed by atoms with E-state index in [1.165, 1.54) is 18.4 Å². The van der Waals surface area contributed by atoms with Crippen LogP contribution in [0.3, 0.4) is 0 Å². The van der Waals surface area contributed by atoms with Gasteiger partial charge in [-0.15, -0.1) is 0 Å². The zero-order chi connectivity index (χ0) is 20.2. The van der Waals surface area contributed by atoms with Crippen molar-refractivity contribution < 1.29 is 0 Å². The van der Waals surface area contributed by atoms with E-state index in [9.17, 15) is 0 Å². The van der Waals surface area contributed by atoms with Gasteiger partial charge in [0.1, 0.15) is 0 Å². The lowest BCUT2D eigenvalue weighted by atomic mass is 9.90. The van der Waals surface area contributed by atoms with Gasteiger partial charge in [-0.1, -0.05) is 18.7 Å². The Kier molecular flexibility index (Phi) is 5.76. The predicted molar refractivity (Wildman–Crippen MR) is 120 cm³/mol. The van der Waals surface area contributed by atoms with Crippen molar-refractivity contribution in [1.29, 1.82) is 0 Å². The van der Waals surface area contributed by atoms with Crippen LogP contribution in [0, 0.1) is 0 Å². The lowest BCUT2D eigenvalue weighted by Crippen LogP contribution is -2.43. The molecule has 0 amide bonds. The molecule has 1 aromatic heterocycles. The van der Waals surface area contributed by atoms with Gasteiger partial charge in [0.15, 0.2) is 11.7 Å². The first-order chi connectivity index (χ1) is 14.2. The van der Waals surface area contributed by atoms with Crippen LogP contribution in [0.15, 0.2) is 53.2 Å². The molecule has 0 radical (unpaired) electrons. The topological polar surface area (TPSA) is 69.8 Å². The summed E-state index contributed by atoms with van der Waals surface area (Å²) in [7, 11) is 3.70. The van der Waals surface area contributed by atoms with Crippen LogP contribution in [-0.4, -0.2) is 59.6 Å². The first kappa shape index (κ1) is 19.4. The van der Waals surface area contributed by atoms with Gasteiger partial charge in [-0.25, -0.2) is 0 Å². The first-order valence-corrected chi connectivity index (χ1v) is 10.2. The fourth-order valence-electron chi connectivity index (χ4n) is 4.01. The highest BCUT2D eigenvalue weighted by Crippen LogP contribution is 2.26. The molecule has 0 aliphatic carbocycles. The van der Waals surface area contributed by atoms with Crippen molar-refractivity contribution in [3.63, 3.8) is 0 Å². The zero-order valence-electron chi connectivity index (χ0n) is 17.2. The molecule has 0 spiro atoms. The summed E-state index contributed by atoms with van der Waals surface area (Å²) in [5.41, 5.74) is 4.31. The second-order valence-electron chi connectivity index (χ2n) is 7.55. The van der Waals surface area contributed by atoms with Gasteiger partial charge in [-0.05, 0) is 49.5 Å². The number of rotatable bonds is 4. The summed E-state index contributed by atoms with van der Waals surface area (Å²) in [6, 6.07) is 8.75. The van der Waals surface area contributed by atoms with Crippen LogP contribution < -0.4 is 10.6 Å². The van der Waals surface area contributed by atoms with Crippen molar-refractivity contribution >= 4 is 23.1 Å². The maximum atomic E-state index is 4.68. The highest BCUT2D eigenvalue weighted by atomic mass is 15.3. The van der Waals surface area contributed by atoms with E-state index < -0.39 is 0 Å². The summed E-state index contributed by atoms with van der Waals surface area (Å²) in [6.45, 7) is 7.92. The summed E-state index contributed by atoms with van der Waals surface area (Å²) in [5, 5.41) is 11.1. The summed E-state index contributed by atoms with van der Waals surface area (Å²) < 4.78 is 1.78. The van der Waals surface area contributed by atoms with Gasteiger partial charge in [-0.2, -0.15) is 5.10 Å². The minimum Gasteiger partial charge on any atom is -0.337 e. The first-order valence-electron chi connectivity index (χ1n) is 10.2. The molecule has 29 heavy (non-hydrogen) atoms. The van der Waals surface area contributed by atoms with Crippen LogP contribution in [0.4, 0.5) is 5.69 Å². The number of aliphatic imine (C=N–C) groups is 2. The maximum absolute atomic E-state index is 4.68. The average molecular weight is 392 g/mol. The Hall–Kier alpha value is -2.93. The molecule has 2 aliphatic rings. The third-order valence-electron chi connectivity index (χ3n) is 5.62. The van der Waals surface area contributed by atoms with Gasteiger partial charge in [0.25, 0.3) is 0 Å². The van der Waals surface area contributed by atoms with Crippen LogP contribution in [0.1, 0.15) is 29.9 Å². The minimum atomic E-state index is 0.656. The van der Waals surface area contributed by atoms with Crippen molar-refractivity contribution in [2.45, 2.75) is 18.8 Å². The van der Waals surface area contributed by atoms with Crippen LogP contribution in [0.2, 0.25) is 0 Å². The highest BCUT2D eigenvalue weighted by Gasteiger charge is 2.24. The molecule has 2 aromatic rings. The number of amidine groups is 2. The number of aryl methyl sites for hydroxylation is 1. The molecular formula is C22H29N7. The van der Waals surface area contributed by atoms with Crippen LogP contribution in [-0.2, 0) is 7.05 Å². The summed E-state index contributed by atoms with van der Waals surface area (Å²) in [4.78, 5) is 11.3. The van der Waals surface area contributed by atoms with Gasteiger partial charge < -0.3 is 15.5 Å². The van der Waals surface area contributed by atoms with Crippen LogP contribution in [0.5, 0.6) is 0 Å². The number of hydrogen-bond donors (Lipinski definition) is 2. The predicted octanol–water partition coefficient (Wildman–Crippen LogP) is 2.71. The van der Waals surface area contributed by atoms with E-state index in [1.807, 2.05) is 19.4 Å². The monoisotopic (exact) mass is 391 g/mol. The number of nitrogens with zero attached hydrogens (tertiary/aromatic N) is 5. The van der Waals surface area contributed by atoms with Gasteiger partial charge in [0.2, 0.25) is 0 Å². The Morgan fingerprint density at radius 3 is 2.66 bits per heavy atom. The molecule has 3 heterocycles. The smallest absolute Gasteiger partial charge is 0.171 e. The summed E-state index contributed by atoms with van der Waals surface area (Å²) >= 11 is 0. The normalized spacial score (nSPS) is 19.3. The third kappa shape index (κ3) is 4.24. The number of hydrogen-bond acceptors (Lipinski definition) is 5. The zero-order valence-corrected chi connectivity index (χ0v) is 17.2. The maximum Gasteiger partial charge on any atom is 0.171 e. The number of benzene rings is 1. The van der Waals surface area contributed by atoms with Crippen LogP contribution >= 0.6 is 0 Å². The molecule has 0 bridgehead atoms. The second kappa shape index (κ2) is 8.61.